The Balaban J connectivity index is 2.79. The monoisotopic (exact) mass is 239 g/mol. The number of hydrogen-bond donors (Lipinski definition) is 1. The van der Waals surface area contributed by atoms with E-state index >= 15 is 0 Å². The van der Waals surface area contributed by atoms with E-state index in [9.17, 15) is 13.6 Å². The number of esters is 1. The molecule has 0 saturated heterocycles. The van der Waals surface area contributed by atoms with Crippen molar-refractivity contribution in [1.29, 1.82) is 0 Å². The Bertz CT molecular complexity index is 489. The quantitative estimate of drug-likeness (QED) is 0.487. The molecule has 5 heteroatoms. The molecule has 0 saturated carbocycles. The van der Waals surface area contributed by atoms with Crippen molar-refractivity contribution >= 4 is 11.7 Å². The highest BCUT2D eigenvalue weighted by molar-refractivity contribution is 5.72. The summed E-state index contributed by atoms with van der Waals surface area (Å²) >= 11 is 0. The van der Waals surface area contributed by atoms with Crippen LogP contribution in [-0.2, 0) is 9.53 Å². The van der Waals surface area contributed by atoms with Gasteiger partial charge in [-0.1, -0.05) is 11.8 Å². The smallest absolute Gasteiger partial charge is 0.317 e. The number of rotatable bonds is 2. The average molecular weight is 239 g/mol. The van der Waals surface area contributed by atoms with Crippen molar-refractivity contribution in [1.82, 2.24) is 0 Å². The lowest BCUT2D eigenvalue weighted by molar-refractivity contribution is -0.141. The van der Waals surface area contributed by atoms with Gasteiger partial charge in [0.1, 0.15) is 18.1 Å². The van der Waals surface area contributed by atoms with Crippen molar-refractivity contribution < 1.29 is 18.3 Å². The van der Waals surface area contributed by atoms with Gasteiger partial charge in [0.05, 0.1) is 17.9 Å². The lowest BCUT2D eigenvalue weighted by Gasteiger charge is -1.99. The van der Waals surface area contributed by atoms with E-state index in [1.807, 2.05) is 0 Å². The van der Waals surface area contributed by atoms with Crippen LogP contribution in [0.1, 0.15) is 18.9 Å². The molecule has 0 heterocycles. The molecule has 0 unspecified atom stereocenters. The van der Waals surface area contributed by atoms with E-state index < -0.39 is 17.6 Å². The minimum absolute atomic E-state index is 0.138. The molecule has 1 aromatic carbocycles. The maximum Gasteiger partial charge on any atom is 0.317 e. The summed E-state index contributed by atoms with van der Waals surface area (Å²) in [6.07, 6.45) is -0.167. The number of carbonyl (C=O) groups is 1. The molecule has 1 rings (SSSR count). The molecule has 0 aromatic heterocycles. The zero-order chi connectivity index (χ0) is 12.8. The van der Waals surface area contributed by atoms with Gasteiger partial charge in [-0.2, -0.15) is 0 Å². The standard InChI is InChI=1S/C12H11F2NO2/c1-2-17-12(16)5-3-4-8-6-10(14)11(15)7-9(8)13/h6-7H,2,5,15H2,1H3. The SMILES string of the molecule is CCOC(=O)CC#Cc1cc(F)c(N)cc1F. The van der Waals surface area contributed by atoms with Crippen LogP contribution in [0.25, 0.3) is 0 Å². The summed E-state index contributed by atoms with van der Waals surface area (Å²) in [5, 5.41) is 0. The Hall–Kier alpha value is -2.09. The third-order valence-electron chi connectivity index (χ3n) is 1.85. The largest absolute Gasteiger partial charge is 0.465 e. The Morgan fingerprint density at radius 2 is 2.12 bits per heavy atom. The van der Waals surface area contributed by atoms with E-state index in [0.717, 1.165) is 12.1 Å². The zero-order valence-electron chi connectivity index (χ0n) is 9.22. The molecule has 0 aliphatic rings. The number of carbonyl (C=O) groups excluding carboxylic acids is 1. The number of ether oxygens (including phenoxy) is 1. The predicted octanol–water partition coefficient (Wildman–Crippen LogP) is 1.85. The van der Waals surface area contributed by atoms with E-state index in [2.05, 4.69) is 16.6 Å². The van der Waals surface area contributed by atoms with Gasteiger partial charge in [-0.3, -0.25) is 4.79 Å². The van der Waals surface area contributed by atoms with Crippen molar-refractivity contribution in [2.45, 2.75) is 13.3 Å². The third kappa shape index (κ3) is 3.76. The fourth-order valence-corrected chi connectivity index (χ4v) is 1.08. The number of hydrogen-bond acceptors (Lipinski definition) is 3. The van der Waals surface area contributed by atoms with E-state index in [1.54, 1.807) is 6.92 Å². The van der Waals surface area contributed by atoms with Crippen molar-refractivity contribution in [2.75, 3.05) is 12.3 Å². The summed E-state index contributed by atoms with van der Waals surface area (Å²) in [6.45, 7) is 1.92. The maximum atomic E-state index is 13.2. The van der Waals surface area contributed by atoms with Gasteiger partial charge in [-0.15, -0.1) is 0 Å². The molecule has 0 aliphatic heterocycles. The molecule has 0 bridgehead atoms. The first-order valence-corrected chi connectivity index (χ1v) is 4.93. The fraction of sp³-hybridized carbons (Fsp3) is 0.250. The van der Waals surface area contributed by atoms with Gasteiger partial charge in [-0.25, -0.2) is 8.78 Å². The molecular formula is C12H11F2NO2. The molecule has 3 nitrogen and oxygen atoms in total. The molecule has 17 heavy (non-hydrogen) atoms. The second-order valence-electron chi connectivity index (χ2n) is 3.14. The first-order valence-electron chi connectivity index (χ1n) is 4.93. The number of nitrogens with two attached hydrogens (primary N) is 1. The predicted molar refractivity (Wildman–Crippen MR) is 58.9 cm³/mol. The number of benzene rings is 1. The average Bonchev–Trinajstić information content (AvgIpc) is 2.26. The normalized spacial score (nSPS) is 9.35. The van der Waals surface area contributed by atoms with E-state index in [4.69, 9.17) is 5.73 Å². The van der Waals surface area contributed by atoms with Crippen LogP contribution in [0.3, 0.4) is 0 Å². The summed E-state index contributed by atoms with van der Waals surface area (Å²) < 4.78 is 30.9. The Morgan fingerprint density at radius 3 is 2.76 bits per heavy atom. The Morgan fingerprint density at radius 1 is 1.41 bits per heavy atom. The third-order valence-corrected chi connectivity index (χ3v) is 1.85. The molecule has 2 N–H and O–H groups in total. The lowest BCUT2D eigenvalue weighted by atomic mass is 10.2. The Labute approximate surface area is 97.6 Å². The number of anilines is 1. The van der Waals surface area contributed by atoms with Gasteiger partial charge in [0.25, 0.3) is 0 Å². The molecule has 0 fully saturated rings. The van der Waals surface area contributed by atoms with Crippen LogP contribution >= 0.6 is 0 Å². The van der Waals surface area contributed by atoms with Crippen LogP contribution in [0.15, 0.2) is 12.1 Å². The summed E-state index contributed by atoms with van der Waals surface area (Å²) in [7, 11) is 0. The highest BCUT2D eigenvalue weighted by Crippen LogP contribution is 2.15. The maximum absolute atomic E-state index is 13.2. The summed E-state index contributed by atoms with van der Waals surface area (Å²) in [6, 6.07) is 1.74. The topological polar surface area (TPSA) is 52.3 Å². The summed E-state index contributed by atoms with van der Waals surface area (Å²) in [5.41, 5.74) is 4.75. The van der Waals surface area contributed by atoms with Crippen molar-refractivity contribution in [3.05, 3.63) is 29.3 Å². The first-order chi connectivity index (χ1) is 8.04. The highest BCUT2D eigenvalue weighted by Gasteiger charge is 2.05. The van der Waals surface area contributed by atoms with E-state index in [0.29, 0.717) is 0 Å². The van der Waals surface area contributed by atoms with Crippen molar-refractivity contribution in [3.8, 4) is 11.8 Å². The minimum Gasteiger partial charge on any atom is -0.465 e. The summed E-state index contributed by atoms with van der Waals surface area (Å²) in [5.74, 6) is 2.78. The lowest BCUT2D eigenvalue weighted by Crippen LogP contribution is -2.01. The van der Waals surface area contributed by atoms with Crippen LogP contribution < -0.4 is 5.73 Å². The molecule has 0 amide bonds. The van der Waals surface area contributed by atoms with Gasteiger partial charge in [0.15, 0.2) is 0 Å². The van der Waals surface area contributed by atoms with Crippen LogP contribution in [0.4, 0.5) is 14.5 Å². The van der Waals surface area contributed by atoms with E-state index in [-0.39, 0.29) is 24.3 Å². The molecular weight excluding hydrogens is 228 g/mol. The fourth-order valence-electron chi connectivity index (χ4n) is 1.08. The van der Waals surface area contributed by atoms with Gasteiger partial charge >= 0.3 is 5.97 Å². The van der Waals surface area contributed by atoms with E-state index in [1.165, 1.54) is 0 Å². The molecule has 1 aromatic rings. The zero-order valence-corrected chi connectivity index (χ0v) is 9.22. The minimum atomic E-state index is -0.744. The highest BCUT2D eigenvalue weighted by atomic mass is 19.1. The molecule has 90 valence electrons. The van der Waals surface area contributed by atoms with Gasteiger partial charge in [0.2, 0.25) is 0 Å². The second-order valence-corrected chi connectivity index (χ2v) is 3.14. The number of halogens is 2. The van der Waals surface area contributed by atoms with Gasteiger partial charge < -0.3 is 10.5 Å². The second kappa shape index (κ2) is 5.85. The van der Waals surface area contributed by atoms with Crippen molar-refractivity contribution in [2.24, 2.45) is 0 Å². The first kappa shape index (κ1) is 13.0. The Kier molecular flexibility index (Phi) is 4.46. The van der Waals surface area contributed by atoms with Gasteiger partial charge in [0, 0.05) is 6.07 Å². The van der Waals surface area contributed by atoms with Crippen LogP contribution in [0.2, 0.25) is 0 Å². The number of nitrogen functional groups attached to an aromatic ring is 1. The molecule has 0 aliphatic carbocycles. The molecule has 0 spiro atoms. The molecule has 0 atom stereocenters. The summed E-state index contributed by atoms with van der Waals surface area (Å²) in [4.78, 5) is 10.9. The van der Waals surface area contributed by atoms with Crippen LogP contribution in [0, 0.1) is 23.5 Å². The molecule has 0 radical (unpaired) electrons. The van der Waals surface area contributed by atoms with Gasteiger partial charge in [-0.05, 0) is 13.0 Å². The van der Waals surface area contributed by atoms with Crippen molar-refractivity contribution in [3.63, 3.8) is 0 Å². The van der Waals surface area contributed by atoms with Crippen LogP contribution in [0.5, 0.6) is 0 Å². The van der Waals surface area contributed by atoms with Crippen LogP contribution in [-0.4, -0.2) is 12.6 Å².